The zero-order valence-corrected chi connectivity index (χ0v) is 8.38. The van der Waals surface area contributed by atoms with E-state index in [1.807, 2.05) is 24.3 Å². The van der Waals surface area contributed by atoms with Crippen LogP contribution >= 0.6 is 24.8 Å². The molecule has 0 saturated heterocycles. The van der Waals surface area contributed by atoms with E-state index in [4.69, 9.17) is 12.2 Å². The SMILES string of the molecule is CC#Cc1ccccc1C(=S)S. The molecule has 0 aliphatic heterocycles. The van der Waals surface area contributed by atoms with E-state index in [-0.39, 0.29) is 0 Å². The van der Waals surface area contributed by atoms with Crippen LogP contribution in [0.5, 0.6) is 0 Å². The number of thiol groups is 1. The van der Waals surface area contributed by atoms with Crippen molar-refractivity contribution in [1.82, 2.24) is 0 Å². The molecular formula is C10H8S2. The minimum atomic E-state index is 0.591. The van der Waals surface area contributed by atoms with Gasteiger partial charge >= 0.3 is 0 Å². The van der Waals surface area contributed by atoms with Crippen LogP contribution < -0.4 is 0 Å². The molecule has 1 rings (SSSR count). The van der Waals surface area contributed by atoms with Crippen LogP contribution in [0, 0.1) is 11.8 Å². The first-order valence-corrected chi connectivity index (χ1v) is 4.36. The van der Waals surface area contributed by atoms with Crippen molar-refractivity contribution in [2.75, 3.05) is 0 Å². The zero-order valence-electron chi connectivity index (χ0n) is 6.66. The standard InChI is InChI=1S/C10H8S2/c1-2-5-8-6-3-4-7-9(8)10(11)12/h3-4,6-7H,1H3,(H,11,12). The molecule has 0 N–H and O–H groups in total. The molecular weight excluding hydrogens is 184 g/mol. The third-order valence-corrected chi connectivity index (χ3v) is 1.88. The summed E-state index contributed by atoms with van der Waals surface area (Å²) in [7, 11) is 0. The van der Waals surface area contributed by atoms with Gasteiger partial charge in [-0.2, -0.15) is 0 Å². The van der Waals surface area contributed by atoms with Crippen molar-refractivity contribution < 1.29 is 0 Å². The number of hydrogen-bond acceptors (Lipinski definition) is 1. The summed E-state index contributed by atoms with van der Waals surface area (Å²) in [4.78, 5) is 0. The lowest BCUT2D eigenvalue weighted by molar-refractivity contribution is 1.62. The fourth-order valence-corrected chi connectivity index (χ4v) is 1.29. The van der Waals surface area contributed by atoms with Gasteiger partial charge in [-0.25, -0.2) is 0 Å². The van der Waals surface area contributed by atoms with Crippen molar-refractivity contribution in [3.8, 4) is 11.8 Å². The van der Waals surface area contributed by atoms with Gasteiger partial charge in [-0.15, -0.1) is 18.5 Å². The monoisotopic (exact) mass is 192 g/mol. The number of benzene rings is 1. The molecule has 0 atom stereocenters. The van der Waals surface area contributed by atoms with E-state index >= 15 is 0 Å². The predicted molar refractivity (Wildman–Crippen MR) is 59.7 cm³/mol. The Morgan fingerprint density at radius 1 is 1.42 bits per heavy atom. The highest BCUT2D eigenvalue weighted by Gasteiger charge is 1.99. The largest absolute Gasteiger partial charge is 0.131 e. The average molecular weight is 192 g/mol. The van der Waals surface area contributed by atoms with Crippen LogP contribution in [-0.4, -0.2) is 4.20 Å². The fourth-order valence-electron chi connectivity index (χ4n) is 0.913. The first-order valence-electron chi connectivity index (χ1n) is 3.51. The van der Waals surface area contributed by atoms with Crippen molar-refractivity contribution in [2.24, 2.45) is 0 Å². The Hall–Kier alpha value is -0.780. The van der Waals surface area contributed by atoms with E-state index in [0.717, 1.165) is 11.1 Å². The maximum atomic E-state index is 4.96. The van der Waals surface area contributed by atoms with Gasteiger partial charge in [0, 0.05) is 11.1 Å². The van der Waals surface area contributed by atoms with Gasteiger partial charge in [-0.1, -0.05) is 36.3 Å². The first kappa shape index (κ1) is 9.31. The Kier molecular flexibility index (Phi) is 3.33. The molecule has 0 unspecified atom stereocenters. The van der Waals surface area contributed by atoms with E-state index in [2.05, 4.69) is 24.5 Å². The molecule has 0 fully saturated rings. The van der Waals surface area contributed by atoms with Crippen molar-refractivity contribution in [3.63, 3.8) is 0 Å². The Morgan fingerprint density at radius 2 is 2.08 bits per heavy atom. The molecule has 0 heterocycles. The minimum Gasteiger partial charge on any atom is -0.131 e. The smallest absolute Gasteiger partial charge is 0.0760 e. The molecule has 1 aromatic carbocycles. The van der Waals surface area contributed by atoms with E-state index in [9.17, 15) is 0 Å². The fraction of sp³-hybridized carbons (Fsp3) is 0.100. The Labute approximate surface area is 83.4 Å². The van der Waals surface area contributed by atoms with Crippen LogP contribution in [0.4, 0.5) is 0 Å². The summed E-state index contributed by atoms with van der Waals surface area (Å²) in [6.45, 7) is 1.80. The molecule has 0 aromatic heterocycles. The van der Waals surface area contributed by atoms with E-state index in [0.29, 0.717) is 4.20 Å². The molecule has 0 saturated carbocycles. The molecule has 60 valence electrons. The van der Waals surface area contributed by atoms with E-state index in [1.165, 1.54) is 0 Å². The maximum absolute atomic E-state index is 4.96. The Balaban J connectivity index is 3.23. The van der Waals surface area contributed by atoms with Gasteiger partial charge in [-0.3, -0.25) is 0 Å². The van der Waals surface area contributed by atoms with Crippen LogP contribution in [0.25, 0.3) is 0 Å². The lowest BCUT2D eigenvalue weighted by atomic mass is 10.1. The Bertz CT molecular complexity index is 356. The highest BCUT2D eigenvalue weighted by Crippen LogP contribution is 2.10. The topological polar surface area (TPSA) is 0 Å². The summed E-state index contributed by atoms with van der Waals surface area (Å²) in [6.07, 6.45) is 0. The van der Waals surface area contributed by atoms with Gasteiger partial charge in [0.15, 0.2) is 0 Å². The normalized spacial score (nSPS) is 8.50. The molecule has 1 aromatic rings. The van der Waals surface area contributed by atoms with Crippen LogP contribution in [0.15, 0.2) is 24.3 Å². The van der Waals surface area contributed by atoms with Crippen LogP contribution in [-0.2, 0) is 0 Å². The third-order valence-electron chi connectivity index (χ3n) is 1.42. The quantitative estimate of drug-likeness (QED) is 0.405. The summed E-state index contributed by atoms with van der Waals surface area (Å²) in [5.41, 5.74) is 1.88. The molecule has 12 heavy (non-hydrogen) atoms. The molecule has 2 heteroatoms. The number of rotatable bonds is 1. The third kappa shape index (κ3) is 2.10. The van der Waals surface area contributed by atoms with Gasteiger partial charge in [0.1, 0.15) is 0 Å². The summed E-state index contributed by atoms with van der Waals surface area (Å²) in [5.74, 6) is 5.81. The van der Waals surface area contributed by atoms with Gasteiger partial charge in [-0.05, 0) is 13.0 Å². The van der Waals surface area contributed by atoms with Crippen LogP contribution in [0.1, 0.15) is 18.1 Å². The van der Waals surface area contributed by atoms with Crippen molar-refractivity contribution in [3.05, 3.63) is 35.4 Å². The minimum absolute atomic E-state index is 0.591. The second-order valence-electron chi connectivity index (χ2n) is 2.23. The van der Waals surface area contributed by atoms with Gasteiger partial charge in [0.2, 0.25) is 0 Å². The second kappa shape index (κ2) is 4.30. The zero-order chi connectivity index (χ0) is 8.97. The van der Waals surface area contributed by atoms with Crippen molar-refractivity contribution in [2.45, 2.75) is 6.92 Å². The summed E-state index contributed by atoms with van der Waals surface area (Å²) < 4.78 is 0.591. The van der Waals surface area contributed by atoms with Gasteiger partial charge in [0.25, 0.3) is 0 Å². The molecule has 0 amide bonds. The van der Waals surface area contributed by atoms with E-state index in [1.54, 1.807) is 6.92 Å². The van der Waals surface area contributed by atoms with Gasteiger partial charge in [0.05, 0.1) is 4.20 Å². The summed E-state index contributed by atoms with van der Waals surface area (Å²) in [5, 5.41) is 0. The molecule has 0 spiro atoms. The second-order valence-corrected chi connectivity index (χ2v) is 3.38. The highest BCUT2D eigenvalue weighted by atomic mass is 32.1. The lowest BCUT2D eigenvalue weighted by Crippen LogP contribution is -1.91. The van der Waals surface area contributed by atoms with Gasteiger partial charge < -0.3 is 0 Å². The van der Waals surface area contributed by atoms with Crippen LogP contribution in [0.2, 0.25) is 0 Å². The maximum Gasteiger partial charge on any atom is 0.0760 e. The number of thiocarbonyl (C=S) groups is 1. The summed E-state index contributed by atoms with van der Waals surface area (Å²) in [6, 6.07) is 7.73. The predicted octanol–water partition coefficient (Wildman–Crippen LogP) is 2.66. The molecule has 0 aliphatic rings. The Morgan fingerprint density at radius 3 is 2.67 bits per heavy atom. The number of hydrogen-bond donors (Lipinski definition) is 1. The van der Waals surface area contributed by atoms with Crippen molar-refractivity contribution >= 4 is 29.0 Å². The highest BCUT2D eigenvalue weighted by molar-refractivity contribution is 8.11. The molecule has 0 aliphatic carbocycles. The van der Waals surface area contributed by atoms with Crippen molar-refractivity contribution in [1.29, 1.82) is 0 Å². The van der Waals surface area contributed by atoms with E-state index < -0.39 is 0 Å². The lowest BCUT2D eigenvalue weighted by Gasteiger charge is -1.99. The molecule has 0 nitrogen and oxygen atoms in total. The first-order chi connectivity index (χ1) is 5.75. The molecule has 0 bridgehead atoms. The van der Waals surface area contributed by atoms with Crippen LogP contribution in [0.3, 0.4) is 0 Å². The molecule has 0 radical (unpaired) electrons. The summed E-state index contributed by atoms with van der Waals surface area (Å²) >= 11 is 9.07. The average Bonchev–Trinajstić information content (AvgIpc) is 2.05.